The van der Waals surface area contributed by atoms with E-state index in [0.29, 0.717) is 29.5 Å². The molecule has 0 unspecified atom stereocenters. The highest BCUT2D eigenvalue weighted by molar-refractivity contribution is 7.13. The van der Waals surface area contributed by atoms with Crippen molar-refractivity contribution in [3.8, 4) is 0 Å². The topological polar surface area (TPSA) is 191 Å². The Morgan fingerprint density at radius 1 is 1.35 bits per heavy atom. The molecule has 3 atom stereocenters. The molecule has 190 valence electrons. The molecule has 14 heteroatoms. The van der Waals surface area contributed by atoms with Crippen LogP contribution in [-0.2, 0) is 14.4 Å². The molecule has 3 amide bonds. The molecule has 0 aromatic carbocycles. The number of rotatable bonds is 16. The summed E-state index contributed by atoms with van der Waals surface area (Å²) in [6.07, 6.45) is 3.48. The van der Waals surface area contributed by atoms with Gasteiger partial charge in [-0.15, -0.1) is 11.3 Å². The molecular formula is C20H33N7O6S. The van der Waals surface area contributed by atoms with Crippen LogP contribution < -0.4 is 16.1 Å². The number of amidine groups is 1. The van der Waals surface area contributed by atoms with E-state index in [2.05, 4.69) is 15.6 Å². The molecule has 0 radical (unpaired) electrons. The smallest absolute Gasteiger partial charge is 0.248 e. The van der Waals surface area contributed by atoms with Crippen molar-refractivity contribution in [1.82, 2.24) is 20.8 Å². The van der Waals surface area contributed by atoms with Gasteiger partial charge in [0.15, 0.2) is 16.0 Å². The Morgan fingerprint density at radius 3 is 2.59 bits per heavy atom. The predicted octanol–water partition coefficient (Wildman–Crippen LogP) is 2.17. The normalized spacial score (nSPS) is 13.4. The van der Waals surface area contributed by atoms with E-state index < -0.39 is 34.8 Å². The molecule has 0 bridgehead atoms. The Hall–Kier alpha value is -3.13. The number of nitrogens with one attached hydrogen (secondary N) is 4. The number of amides is 3. The van der Waals surface area contributed by atoms with Gasteiger partial charge in [0.25, 0.3) is 0 Å². The summed E-state index contributed by atoms with van der Waals surface area (Å²) in [6.45, 7) is 5.69. The second-order valence-corrected chi connectivity index (χ2v) is 9.10. The highest BCUT2D eigenvalue weighted by atomic mass is 32.1. The maximum Gasteiger partial charge on any atom is 0.248 e. The Bertz CT molecular complexity index is 820. The van der Waals surface area contributed by atoms with Crippen molar-refractivity contribution in [3.05, 3.63) is 21.7 Å². The monoisotopic (exact) mass is 499 g/mol. The van der Waals surface area contributed by atoms with Crippen LogP contribution in [-0.4, -0.2) is 56.4 Å². The lowest BCUT2D eigenvalue weighted by Crippen LogP contribution is -2.51. The lowest BCUT2D eigenvalue weighted by Gasteiger charge is -2.32. The number of hydrazine groups is 1. The second-order valence-electron chi connectivity index (χ2n) is 8.20. The van der Waals surface area contributed by atoms with E-state index in [1.54, 1.807) is 10.8 Å². The standard InChI is InChI=1S/C20H33N7O6S/c1-4-6-16(26(31)12-28)14(11-13(2)3)18(29)23-15(7-5-8-17(21)25-27(32)33)19(30)24-20-22-9-10-34-20/h9-10,12-16,31H,4-8,11H2,1-3H3,(H2,21,25)(H,23,29)(H,22,24,30)/t14-,15-,16+/m1/s1. The van der Waals surface area contributed by atoms with Gasteiger partial charge in [-0.3, -0.25) is 25.0 Å². The fraction of sp³-hybridized carbons (Fsp3) is 0.650. The molecule has 1 aromatic heterocycles. The number of nitrogens with zero attached hydrogens (tertiary/aromatic N) is 3. The summed E-state index contributed by atoms with van der Waals surface area (Å²) in [5.74, 6) is -2.03. The molecule has 0 saturated carbocycles. The molecule has 1 aromatic rings. The molecule has 1 heterocycles. The first kappa shape index (κ1) is 28.9. The number of anilines is 1. The third kappa shape index (κ3) is 10.2. The Balaban J connectivity index is 3.03. The van der Waals surface area contributed by atoms with E-state index in [0.717, 1.165) is 0 Å². The van der Waals surface area contributed by atoms with Crippen molar-refractivity contribution >= 4 is 40.5 Å². The predicted molar refractivity (Wildman–Crippen MR) is 126 cm³/mol. The van der Waals surface area contributed by atoms with Crippen LogP contribution in [0.1, 0.15) is 59.3 Å². The van der Waals surface area contributed by atoms with E-state index in [-0.39, 0.29) is 37.4 Å². The van der Waals surface area contributed by atoms with Gasteiger partial charge in [0.2, 0.25) is 18.2 Å². The zero-order valence-corrected chi connectivity index (χ0v) is 20.3. The van der Waals surface area contributed by atoms with Crippen LogP contribution in [0, 0.1) is 27.4 Å². The summed E-state index contributed by atoms with van der Waals surface area (Å²) in [5, 5.41) is 35.2. The summed E-state index contributed by atoms with van der Waals surface area (Å²) in [7, 11) is 0. The number of hydrogen-bond donors (Lipinski definition) is 5. The van der Waals surface area contributed by atoms with Crippen LogP contribution in [0.4, 0.5) is 5.13 Å². The molecular weight excluding hydrogens is 466 g/mol. The molecule has 5 N–H and O–H groups in total. The number of nitro groups is 1. The van der Waals surface area contributed by atoms with Gasteiger partial charge in [-0.05, 0) is 31.6 Å². The van der Waals surface area contributed by atoms with Crippen molar-refractivity contribution in [2.75, 3.05) is 5.32 Å². The SMILES string of the molecule is CCC[C@@H]([C@@H](CC(C)C)C(=O)N[C@H](CCCC(=N)N[N+](=O)[O-])C(=O)Nc1nccs1)N(O)C=O. The molecule has 0 fully saturated rings. The third-order valence-electron chi connectivity index (χ3n) is 5.00. The first-order valence-electron chi connectivity index (χ1n) is 11.0. The fourth-order valence-electron chi connectivity index (χ4n) is 3.51. The number of carbonyl (C=O) groups is 3. The van der Waals surface area contributed by atoms with E-state index in [9.17, 15) is 29.7 Å². The molecule has 0 aliphatic carbocycles. The van der Waals surface area contributed by atoms with Crippen LogP contribution in [0.5, 0.6) is 0 Å². The zero-order chi connectivity index (χ0) is 25.7. The van der Waals surface area contributed by atoms with Gasteiger partial charge in [-0.1, -0.05) is 32.6 Å². The molecule has 0 spiro atoms. The summed E-state index contributed by atoms with van der Waals surface area (Å²) in [6, 6.07) is -1.77. The van der Waals surface area contributed by atoms with Gasteiger partial charge in [0.05, 0.1) is 12.0 Å². The summed E-state index contributed by atoms with van der Waals surface area (Å²) in [4.78, 5) is 51.8. The Labute approximate surface area is 201 Å². The molecule has 0 aliphatic rings. The number of aromatic nitrogens is 1. The lowest BCUT2D eigenvalue weighted by atomic mass is 9.86. The minimum atomic E-state index is -1.01. The highest BCUT2D eigenvalue weighted by Gasteiger charge is 2.34. The lowest BCUT2D eigenvalue weighted by molar-refractivity contribution is -0.525. The summed E-state index contributed by atoms with van der Waals surface area (Å²) in [5.41, 5.74) is 1.75. The second kappa shape index (κ2) is 14.9. The largest absolute Gasteiger partial charge is 0.344 e. The quantitative estimate of drug-likeness (QED) is 0.0570. The average Bonchev–Trinajstić information content (AvgIpc) is 3.27. The van der Waals surface area contributed by atoms with Gasteiger partial charge >= 0.3 is 0 Å². The number of carbonyl (C=O) groups excluding carboxylic acids is 3. The van der Waals surface area contributed by atoms with Crippen LogP contribution in [0.3, 0.4) is 0 Å². The highest BCUT2D eigenvalue weighted by Crippen LogP contribution is 2.23. The van der Waals surface area contributed by atoms with Crippen molar-refractivity contribution in [3.63, 3.8) is 0 Å². The first-order chi connectivity index (χ1) is 16.1. The molecule has 0 aliphatic heterocycles. The van der Waals surface area contributed by atoms with Crippen LogP contribution >= 0.6 is 11.3 Å². The van der Waals surface area contributed by atoms with Crippen molar-refractivity contribution in [2.45, 2.75) is 71.4 Å². The Kier molecular flexibility index (Phi) is 12.7. The molecule has 1 rings (SSSR count). The van der Waals surface area contributed by atoms with Gasteiger partial charge in [0, 0.05) is 18.0 Å². The van der Waals surface area contributed by atoms with E-state index in [1.807, 2.05) is 20.8 Å². The van der Waals surface area contributed by atoms with Crippen molar-refractivity contribution in [1.29, 1.82) is 5.41 Å². The average molecular weight is 500 g/mol. The van der Waals surface area contributed by atoms with Crippen LogP contribution in [0.25, 0.3) is 0 Å². The van der Waals surface area contributed by atoms with Crippen molar-refractivity contribution < 1.29 is 24.6 Å². The maximum absolute atomic E-state index is 13.3. The van der Waals surface area contributed by atoms with Gasteiger partial charge in [-0.25, -0.2) is 20.2 Å². The number of thiazole rings is 1. The van der Waals surface area contributed by atoms with Crippen LogP contribution in [0.15, 0.2) is 11.6 Å². The number of hydroxylamine groups is 2. The molecule has 13 nitrogen and oxygen atoms in total. The van der Waals surface area contributed by atoms with Gasteiger partial charge in [-0.2, -0.15) is 0 Å². The van der Waals surface area contributed by atoms with Gasteiger partial charge < -0.3 is 10.6 Å². The number of hydrogen-bond acceptors (Lipinski definition) is 9. The maximum atomic E-state index is 13.3. The molecule has 34 heavy (non-hydrogen) atoms. The van der Waals surface area contributed by atoms with Gasteiger partial charge in [0.1, 0.15) is 6.04 Å². The minimum Gasteiger partial charge on any atom is -0.344 e. The zero-order valence-electron chi connectivity index (χ0n) is 19.5. The molecule has 0 saturated heterocycles. The minimum absolute atomic E-state index is 0.00131. The van der Waals surface area contributed by atoms with E-state index in [4.69, 9.17) is 5.41 Å². The Morgan fingerprint density at radius 2 is 2.06 bits per heavy atom. The third-order valence-corrected chi connectivity index (χ3v) is 5.69. The van der Waals surface area contributed by atoms with Crippen LogP contribution in [0.2, 0.25) is 0 Å². The fourth-order valence-corrected chi connectivity index (χ4v) is 4.04. The summed E-state index contributed by atoms with van der Waals surface area (Å²) < 4.78 is 0. The summed E-state index contributed by atoms with van der Waals surface area (Å²) >= 11 is 1.20. The van der Waals surface area contributed by atoms with E-state index in [1.165, 1.54) is 17.5 Å². The van der Waals surface area contributed by atoms with E-state index >= 15 is 0 Å². The van der Waals surface area contributed by atoms with Crippen molar-refractivity contribution in [2.24, 2.45) is 11.8 Å². The first-order valence-corrected chi connectivity index (χ1v) is 11.9.